The fourth-order valence-electron chi connectivity index (χ4n) is 2.20. The van der Waals surface area contributed by atoms with Crippen LogP contribution in [0.3, 0.4) is 0 Å². The summed E-state index contributed by atoms with van der Waals surface area (Å²) in [5.74, 6) is 11.5. The van der Waals surface area contributed by atoms with E-state index in [9.17, 15) is 20.4 Å². The molecule has 4 N–H and O–H groups in total. The quantitative estimate of drug-likeness (QED) is 0.373. The van der Waals surface area contributed by atoms with Gasteiger partial charge in [0, 0.05) is 11.1 Å². The highest BCUT2D eigenvalue weighted by Crippen LogP contribution is 2.22. The molecule has 0 atom stereocenters. The molecule has 4 nitrogen and oxygen atoms in total. The maximum atomic E-state index is 9.75. The lowest BCUT2D eigenvalue weighted by molar-refractivity contribution is 0.459. The third-order valence-electron chi connectivity index (χ3n) is 3.51. The highest BCUT2D eigenvalue weighted by atomic mass is 16.3. The zero-order chi connectivity index (χ0) is 18.5. The van der Waals surface area contributed by atoms with E-state index in [1.54, 1.807) is 24.3 Å². The first-order valence-electron chi connectivity index (χ1n) is 7.69. The van der Waals surface area contributed by atoms with E-state index in [2.05, 4.69) is 23.7 Å². The summed E-state index contributed by atoms with van der Waals surface area (Å²) in [5.41, 5.74) is 2.01. The molecule has 26 heavy (non-hydrogen) atoms. The SMILES string of the molecule is Oc1ccc(O)c(C#Cc2cccc(C#Cc3cc(O)ccc3O)c2)c1. The van der Waals surface area contributed by atoms with Gasteiger partial charge in [-0.1, -0.05) is 29.7 Å². The summed E-state index contributed by atoms with van der Waals surface area (Å²) in [7, 11) is 0. The van der Waals surface area contributed by atoms with Crippen LogP contribution in [0, 0.1) is 23.7 Å². The molecule has 3 aromatic rings. The van der Waals surface area contributed by atoms with Crippen molar-refractivity contribution in [2.75, 3.05) is 0 Å². The Morgan fingerprint density at radius 3 is 1.42 bits per heavy atom. The van der Waals surface area contributed by atoms with Gasteiger partial charge in [0.1, 0.15) is 23.0 Å². The predicted molar refractivity (Wildman–Crippen MR) is 97.9 cm³/mol. The van der Waals surface area contributed by atoms with E-state index < -0.39 is 0 Å². The van der Waals surface area contributed by atoms with Gasteiger partial charge in [0.25, 0.3) is 0 Å². The number of rotatable bonds is 0. The van der Waals surface area contributed by atoms with E-state index in [0.717, 1.165) is 0 Å². The second-order valence-electron chi connectivity index (χ2n) is 5.48. The van der Waals surface area contributed by atoms with Crippen molar-refractivity contribution in [1.29, 1.82) is 0 Å². The van der Waals surface area contributed by atoms with E-state index in [4.69, 9.17) is 0 Å². The zero-order valence-corrected chi connectivity index (χ0v) is 13.6. The van der Waals surface area contributed by atoms with Crippen molar-refractivity contribution in [2.45, 2.75) is 0 Å². The second-order valence-corrected chi connectivity index (χ2v) is 5.48. The topological polar surface area (TPSA) is 80.9 Å². The molecule has 0 heterocycles. The molecule has 4 heteroatoms. The highest BCUT2D eigenvalue weighted by molar-refractivity contribution is 5.55. The minimum atomic E-state index is -0.00870. The summed E-state index contributed by atoms with van der Waals surface area (Å²) in [4.78, 5) is 0. The van der Waals surface area contributed by atoms with Crippen LogP contribution in [-0.4, -0.2) is 20.4 Å². The van der Waals surface area contributed by atoms with Crippen molar-refractivity contribution >= 4 is 0 Å². The average molecular weight is 342 g/mol. The van der Waals surface area contributed by atoms with Crippen molar-refractivity contribution in [1.82, 2.24) is 0 Å². The maximum absolute atomic E-state index is 9.75. The number of hydrogen-bond acceptors (Lipinski definition) is 4. The Morgan fingerprint density at radius 1 is 0.500 bits per heavy atom. The van der Waals surface area contributed by atoms with Crippen LogP contribution in [0.2, 0.25) is 0 Å². The summed E-state index contributed by atoms with van der Waals surface area (Å²) in [5, 5.41) is 38.4. The van der Waals surface area contributed by atoms with Gasteiger partial charge in [0.2, 0.25) is 0 Å². The molecule has 0 unspecified atom stereocenters. The van der Waals surface area contributed by atoms with E-state index in [1.807, 2.05) is 0 Å². The van der Waals surface area contributed by atoms with Gasteiger partial charge in [-0.2, -0.15) is 0 Å². The minimum Gasteiger partial charge on any atom is -0.508 e. The average Bonchev–Trinajstić information content (AvgIpc) is 2.63. The van der Waals surface area contributed by atoms with Crippen molar-refractivity contribution in [3.8, 4) is 46.7 Å². The number of aromatic hydroxyl groups is 4. The molecule has 0 aromatic heterocycles. The second kappa shape index (κ2) is 7.25. The van der Waals surface area contributed by atoms with Crippen LogP contribution in [0.15, 0.2) is 60.7 Å². The van der Waals surface area contributed by atoms with Crippen LogP contribution in [0.5, 0.6) is 23.0 Å². The van der Waals surface area contributed by atoms with Crippen LogP contribution < -0.4 is 0 Å². The Balaban J connectivity index is 1.89. The fourth-order valence-corrected chi connectivity index (χ4v) is 2.20. The number of phenols is 4. The molecule has 0 aliphatic carbocycles. The first-order chi connectivity index (χ1) is 12.5. The molecule has 0 aliphatic heterocycles. The smallest absolute Gasteiger partial charge is 0.131 e. The Morgan fingerprint density at radius 2 is 0.962 bits per heavy atom. The lowest BCUT2D eigenvalue weighted by atomic mass is 10.1. The van der Waals surface area contributed by atoms with Gasteiger partial charge in [-0.25, -0.2) is 0 Å². The van der Waals surface area contributed by atoms with Gasteiger partial charge >= 0.3 is 0 Å². The molecular weight excluding hydrogens is 328 g/mol. The molecule has 0 spiro atoms. The van der Waals surface area contributed by atoms with Gasteiger partial charge in [-0.15, -0.1) is 0 Å². The van der Waals surface area contributed by atoms with Gasteiger partial charge in [0.05, 0.1) is 11.1 Å². The van der Waals surface area contributed by atoms with Crippen LogP contribution in [0.4, 0.5) is 0 Å². The fraction of sp³-hybridized carbons (Fsp3) is 0. The predicted octanol–water partition coefficient (Wildman–Crippen LogP) is 3.31. The molecule has 0 saturated heterocycles. The molecule has 0 aliphatic rings. The molecular formula is C22H14O4. The van der Waals surface area contributed by atoms with Crippen molar-refractivity contribution < 1.29 is 20.4 Å². The number of hydrogen-bond donors (Lipinski definition) is 4. The van der Waals surface area contributed by atoms with Gasteiger partial charge in [-0.3, -0.25) is 0 Å². The molecule has 0 fully saturated rings. The van der Waals surface area contributed by atoms with Gasteiger partial charge in [0.15, 0.2) is 0 Å². The normalized spacial score (nSPS) is 9.54. The molecule has 3 aromatic carbocycles. The van der Waals surface area contributed by atoms with Crippen molar-refractivity contribution in [2.24, 2.45) is 0 Å². The van der Waals surface area contributed by atoms with E-state index in [-0.39, 0.29) is 23.0 Å². The monoisotopic (exact) mass is 342 g/mol. The summed E-state index contributed by atoms with van der Waals surface area (Å²) in [6, 6.07) is 15.4. The summed E-state index contributed by atoms with van der Waals surface area (Å²) >= 11 is 0. The van der Waals surface area contributed by atoms with E-state index in [1.165, 1.54) is 36.4 Å². The minimum absolute atomic E-state index is 0.00870. The van der Waals surface area contributed by atoms with Gasteiger partial charge in [-0.05, 0) is 54.6 Å². The lowest BCUT2D eigenvalue weighted by Crippen LogP contribution is -1.81. The molecule has 0 saturated carbocycles. The molecule has 0 radical (unpaired) electrons. The van der Waals surface area contributed by atoms with Crippen LogP contribution in [0.25, 0.3) is 0 Å². The Hall–Kier alpha value is -4.02. The summed E-state index contributed by atoms with van der Waals surface area (Å²) in [6.45, 7) is 0. The van der Waals surface area contributed by atoms with E-state index in [0.29, 0.717) is 22.3 Å². The largest absolute Gasteiger partial charge is 0.508 e. The first-order valence-corrected chi connectivity index (χ1v) is 7.69. The molecule has 0 bridgehead atoms. The number of benzene rings is 3. The van der Waals surface area contributed by atoms with Crippen LogP contribution in [-0.2, 0) is 0 Å². The molecule has 0 amide bonds. The summed E-state index contributed by atoms with van der Waals surface area (Å²) < 4.78 is 0. The van der Waals surface area contributed by atoms with Crippen LogP contribution >= 0.6 is 0 Å². The third-order valence-corrected chi connectivity index (χ3v) is 3.51. The molecule has 3 rings (SSSR count). The van der Waals surface area contributed by atoms with Gasteiger partial charge < -0.3 is 20.4 Å². The van der Waals surface area contributed by atoms with Crippen LogP contribution in [0.1, 0.15) is 22.3 Å². The Bertz CT molecular complexity index is 1010. The third kappa shape index (κ3) is 4.08. The Kier molecular flexibility index (Phi) is 4.69. The van der Waals surface area contributed by atoms with E-state index >= 15 is 0 Å². The maximum Gasteiger partial charge on any atom is 0.131 e. The standard InChI is InChI=1S/C22H14O4/c23-19-8-10-21(25)17(13-19)6-4-15-2-1-3-16(12-15)5-7-18-14-20(24)9-11-22(18)26/h1-3,8-14,23-26H. The summed E-state index contributed by atoms with van der Waals surface area (Å²) in [6.07, 6.45) is 0. The van der Waals surface area contributed by atoms with Crippen molar-refractivity contribution in [3.63, 3.8) is 0 Å². The van der Waals surface area contributed by atoms with Crippen molar-refractivity contribution in [3.05, 3.63) is 82.9 Å². The Labute approximate surface area is 150 Å². The first kappa shape index (κ1) is 16.8. The highest BCUT2D eigenvalue weighted by Gasteiger charge is 2.00. The molecule has 126 valence electrons. The zero-order valence-electron chi connectivity index (χ0n) is 13.6. The number of phenolic OH excluding ortho intramolecular Hbond substituents is 4. The lowest BCUT2D eigenvalue weighted by Gasteiger charge is -1.98.